The highest BCUT2D eigenvalue weighted by Gasteiger charge is 2.24. The Morgan fingerprint density at radius 1 is 1.13 bits per heavy atom. The minimum absolute atomic E-state index is 0.0121. The predicted molar refractivity (Wildman–Crippen MR) is 117 cm³/mol. The van der Waals surface area contributed by atoms with Crippen LogP contribution < -0.4 is 9.62 Å². The van der Waals surface area contributed by atoms with E-state index in [4.69, 9.17) is 11.6 Å². The summed E-state index contributed by atoms with van der Waals surface area (Å²) in [6.07, 6.45) is 1.84. The quantitative estimate of drug-likeness (QED) is 0.600. The van der Waals surface area contributed by atoms with Gasteiger partial charge in [-0.2, -0.15) is 0 Å². The zero-order chi connectivity index (χ0) is 21.1. The fraction of sp³-hybridized carbons (Fsp3) is 0.316. The summed E-state index contributed by atoms with van der Waals surface area (Å²) in [6, 6.07) is 10.0. The average molecular weight is 466 g/mol. The van der Waals surface area contributed by atoms with Crippen molar-refractivity contribution in [3.8, 4) is 0 Å². The smallest absolute Gasteiger partial charge is 0.242 e. The van der Waals surface area contributed by atoms with Crippen LogP contribution >= 0.6 is 22.9 Å². The number of halogens is 1. The molecule has 11 heteroatoms. The number of carbonyl (C=O) groups excluding carboxylic acids is 1. The number of rotatable bonds is 6. The Morgan fingerprint density at radius 3 is 2.63 bits per heavy atom. The molecule has 1 aliphatic rings. The van der Waals surface area contributed by atoms with Gasteiger partial charge < -0.3 is 9.80 Å². The van der Waals surface area contributed by atoms with Crippen LogP contribution in [0.4, 0.5) is 5.13 Å². The van der Waals surface area contributed by atoms with Gasteiger partial charge in [-0.05, 0) is 24.3 Å². The van der Waals surface area contributed by atoms with Gasteiger partial charge in [0, 0.05) is 45.3 Å². The molecule has 1 aromatic carbocycles. The molecular formula is C19H20ClN5O3S2. The van der Waals surface area contributed by atoms with Crippen molar-refractivity contribution < 1.29 is 13.2 Å². The van der Waals surface area contributed by atoms with Gasteiger partial charge in [0.05, 0.1) is 5.02 Å². The number of piperazine rings is 1. The van der Waals surface area contributed by atoms with Crippen LogP contribution in [0.15, 0.2) is 47.5 Å². The maximum absolute atomic E-state index is 12.5. The summed E-state index contributed by atoms with van der Waals surface area (Å²) in [5, 5.41) is 1.06. The molecule has 0 aliphatic carbocycles. The molecule has 0 radical (unpaired) electrons. The van der Waals surface area contributed by atoms with E-state index in [-0.39, 0.29) is 28.8 Å². The third-order valence-corrected chi connectivity index (χ3v) is 7.82. The molecule has 30 heavy (non-hydrogen) atoms. The van der Waals surface area contributed by atoms with Crippen molar-refractivity contribution in [1.29, 1.82) is 0 Å². The van der Waals surface area contributed by atoms with Crippen LogP contribution in [0.5, 0.6) is 0 Å². The summed E-state index contributed by atoms with van der Waals surface area (Å²) < 4.78 is 27.1. The van der Waals surface area contributed by atoms with Gasteiger partial charge in [0.15, 0.2) is 5.13 Å². The van der Waals surface area contributed by atoms with Gasteiger partial charge in [-0.25, -0.2) is 23.1 Å². The fourth-order valence-corrected chi connectivity index (χ4v) is 5.74. The highest BCUT2D eigenvalue weighted by Crippen LogP contribution is 2.27. The Balaban J connectivity index is 1.28. The molecule has 158 valence electrons. The molecule has 2 aromatic heterocycles. The van der Waals surface area contributed by atoms with Crippen molar-refractivity contribution in [2.75, 3.05) is 37.6 Å². The van der Waals surface area contributed by atoms with E-state index in [0.29, 0.717) is 26.2 Å². The molecule has 1 amide bonds. The summed E-state index contributed by atoms with van der Waals surface area (Å²) in [5.41, 5.74) is 0.877. The molecule has 0 unspecified atom stereocenters. The van der Waals surface area contributed by atoms with E-state index in [1.54, 1.807) is 34.6 Å². The largest absolute Gasteiger partial charge is 0.344 e. The maximum atomic E-state index is 12.5. The monoisotopic (exact) mass is 465 g/mol. The summed E-state index contributed by atoms with van der Waals surface area (Å²) in [5.74, 6) is -0.0810. The van der Waals surface area contributed by atoms with Crippen molar-refractivity contribution in [3.05, 3.63) is 47.6 Å². The third kappa shape index (κ3) is 4.56. The van der Waals surface area contributed by atoms with E-state index in [0.717, 1.165) is 15.5 Å². The number of nitrogens with zero attached hydrogens (tertiary/aromatic N) is 4. The predicted octanol–water partition coefficient (Wildman–Crippen LogP) is 2.36. The minimum Gasteiger partial charge on any atom is -0.344 e. The highest BCUT2D eigenvalue weighted by molar-refractivity contribution is 7.89. The van der Waals surface area contributed by atoms with Crippen molar-refractivity contribution in [2.24, 2.45) is 0 Å². The van der Waals surface area contributed by atoms with E-state index in [1.165, 1.54) is 12.1 Å². The summed E-state index contributed by atoms with van der Waals surface area (Å²) in [4.78, 5) is 26.2. The Hall–Kier alpha value is -2.27. The van der Waals surface area contributed by atoms with Crippen molar-refractivity contribution >= 4 is 54.3 Å². The number of aromatic nitrogens is 2. The number of sulfonamides is 1. The Labute approximate surface area is 183 Å². The summed E-state index contributed by atoms with van der Waals surface area (Å²) in [7, 11) is -3.75. The average Bonchev–Trinajstić information content (AvgIpc) is 3.18. The zero-order valence-electron chi connectivity index (χ0n) is 16.0. The van der Waals surface area contributed by atoms with Crippen LogP contribution in [0.3, 0.4) is 0 Å². The number of hydrogen-bond donors (Lipinski definition) is 1. The molecule has 1 N–H and O–H groups in total. The molecule has 0 atom stereocenters. The van der Waals surface area contributed by atoms with Crippen LogP contribution in [0, 0.1) is 0 Å². The third-order valence-electron chi connectivity index (χ3n) is 4.82. The second-order valence-corrected chi connectivity index (χ2v) is 9.87. The summed E-state index contributed by atoms with van der Waals surface area (Å²) in [6.45, 7) is 2.52. The van der Waals surface area contributed by atoms with Crippen molar-refractivity contribution in [2.45, 2.75) is 11.3 Å². The van der Waals surface area contributed by atoms with Gasteiger partial charge in [-0.1, -0.05) is 35.1 Å². The number of pyridine rings is 1. The van der Waals surface area contributed by atoms with Crippen LogP contribution in [0.25, 0.3) is 10.3 Å². The second kappa shape index (κ2) is 8.84. The summed E-state index contributed by atoms with van der Waals surface area (Å²) >= 11 is 7.50. The van der Waals surface area contributed by atoms with Gasteiger partial charge in [0.1, 0.15) is 15.2 Å². The molecule has 3 aromatic rings. The van der Waals surface area contributed by atoms with E-state index in [2.05, 4.69) is 19.6 Å². The molecule has 1 fully saturated rings. The highest BCUT2D eigenvalue weighted by atomic mass is 35.5. The van der Waals surface area contributed by atoms with Crippen LogP contribution in [-0.4, -0.2) is 61.9 Å². The molecule has 0 bridgehead atoms. The van der Waals surface area contributed by atoms with Crippen LogP contribution in [0.2, 0.25) is 5.02 Å². The van der Waals surface area contributed by atoms with E-state index >= 15 is 0 Å². The van der Waals surface area contributed by atoms with Crippen molar-refractivity contribution in [3.63, 3.8) is 0 Å². The topological polar surface area (TPSA) is 95.5 Å². The Bertz CT molecular complexity index is 1130. The van der Waals surface area contributed by atoms with E-state index in [1.807, 2.05) is 12.1 Å². The molecule has 8 nitrogen and oxygen atoms in total. The van der Waals surface area contributed by atoms with E-state index < -0.39 is 10.0 Å². The zero-order valence-corrected chi connectivity index (χ0v) is 18.4. The first-order chi connectivity index (χ1) is 14.4. The van der Waals surface area contributed by atoms with Gasteiger partial charge in [0.25, 0.3) is 0 Å². The standard InChI is InChI=1S/C19H20ClN5O3S2/c20-14-4-1-2-6-16(14)30(27,28)22-9-7-17(26)24-10-12-25(13-11-24)19-23-15-5-3-8-21-18(15)29-19/h1-6,8,22H,7,9-13H2. The second-order valence-electron chi connectivity index (χ2n) is 6.77. The lowest BCUT2D eigenvalue weighted by molar-refractivity contribution is -0.131. The lowest BCUT2D eigenvalue weighted by Crippen LogP contribution is -2.49. The molecule has 1 saturated heterocycles. The number of amides is 1. The molecular weight excluding hydrogens is 446 g/mol. The molecule has 0 spiro atoms. The van der Waals surface area contributed by atoms with Crippen LogP contribution in [0.1, 0.15) is 6.42 Å². The molecule has 4 rings (SSSR count). The first-order valence-electron chi connectivity index (χ1n) is 9.42. The first kappa shape index (κ1) is 21.0. The molecule has 1 aliphatic heterocycles. The van der Waals surface area contributed by atoms with Gasteiger partial charge in [0.2, 0.25) is 15.9 Å². The van der Waals surface area contributed by atoms with Crippen molar-refractivity contribution in [1.82, 2.24) is 19.6 Å². The number of fused-ring (bicyclic) bond motifs is 1. The SMILES string of the molecule is O=C(CCNS(=O)(=O)c1ccccc1Cl)N1CCN(c2nc3cccnc3s2)CC1. The number of hydrogen-bond acceptors (Lipinski definition) is 7. The Morgan fingerprint density at radius 2 is 1.90 bits per heavy atom. The van der Waals surface area contributed by atoms with Gasteiger partial charge >= 0.3 is 0 Å². The number of nitrogens with one attached hydrogen (secondary N) is 1. The first-order valence-corrected chi connectivity index (χ1v) is 12.1. The number of benzene rings is 1. The molecule has 0 saturated carbocycles. The maximum Gasteiger partial charge on any atom is 0.242 e. The molecule has 3 heterocycles. The van der Waals surface area contributed by atoms with Gasteiger partial charge in [-0.15, -0.1) is 0 Å². The van der Waals surface area contributed by atoms with Gasteiger partial charge in [-0.3, -0.25) is 4.79 Å². The van der Waals surface area contributed by atoms with E-state index in [9.17, 15) is 13.2 Å². The fourth-order valence-electron chi connectivity index (χ4n) is 3.23. The Kier molecular flexibility index (Phi) is 6.19. The lowest BCUT2D eigenvalue weighted by atomic mass is 10.3. The normalized spacial score (nSPS) is 15.0. The lowest BCUT2D eigenvalue weighted by Gasteiger charge is -2.34. The number of thiazole rings is 1. The minimum atomic E-state index is -3.75. The number of carbonyl (C=O) groups is 1. The number of anilines is 1. The van der Waals surface area contributed by atoms with Crippen LogP contribution in [-0.2, 0) is 14.8 Å².